The molecule has 2 N–H and O–H groups in total. The van der Waals surface area contributed by atoms with Crippen molar-refractivity contribution in [2.24, 2.45) is 5.73 Å². The topological polar surface area (TPSA) is 66.9 Å². The maximum Gasteiger partial charge on any atom is 0.209 e. The Labute approximate surface area is 76.1 Å². The molecule has 3 nitrogen and oxygen atoms in total. The molecule has 0 atom stereocenters. The van der Waals surface area contributed by atoms with Crippen molar-refractivity contribution in [1.29, 1.82) is 5.26 Å². The molecule has 0 heterocycles. The maximum absolute atomic E-state index is 11.4. The number of nitrogens with two attached hydrogens (primary N) is 1. The number of rotatable bonds is 2. The minimum Gasteiger partial charge on any atom is -0.395 e. The van der Waals surface area contributed by atoms with Crippen LogP contribution in [0.5, 0.6) is 0 Å². The first kappa shape index (κ1) is 9.01. The van der Waals surface area contributed by atoms with Gasteiger partial charge in [0.05, 0.1) is 11.8 Å². The summed E-state index contributed by atoms with van der Waals surface area (Å²) in [7, 11) is 0. The Bertz CT molecular complexity index is 374. The normalized spacial score (nSPS) is 10.5. The summed E-state index contributed by atoms with van der Waals surface area (Å²) in [6, 6.07) is 10.3. The Morgan fingerprint density at radius 1 is 1.38 bits per heavy atom. The number of ketones is 1. The minimum absolute atomic E-state index is 0.0336. The number of carbonyl (C=O) groups is 1. The van der Waals surface area contributed by atoms with E-state index in [-0.39, 0.29) is 11.5 Å². The Morgan fingerprint density at radius 2 is 2.00 bits per heavy atom. The van der Waals surface area contributed by atoms with E-state index in [0.29, 0.717) is 5.56 Å². The summed E-state index contributed by atoms with van der Waals surface area (Å²) < 4.78 is 0. The van der Waals surface area contributed by atoms with Crippen LogP contribution in [-0.4, -0.2) is 5.78 Å². The third kappa shape index (κ3) is 2.17. The Hall–Kier alpha value is -2.08. The van der Waals surface area contributed by atoms with Gasteiger partial charge in [-0.2, -0.15) is 5.26 Å². The van der Waals surface area contributed by atoms with E-state index >= 15 is 0 Å². The molecule has 3 heteroatoms. The minimum atomic E-state index is -0.317. The molecule has 0 saturated heterocycles. The predicted molar refractivity (Wildman–Crippen MR) is 48.7 cm³/mol. The van der Waals surface area contributed by atoms with E-state index in [1.165, 1.54) is 0 Å². The van der Waals surface area contributed by atoms with E-state index < -0.39 is 0 Å². The molecule has 0 aliphatic rings. The standard InChI is InChI=1S/C10H8N2O/c11-7-6-9(12)10(13)8-4-2-1-3-5-8/h1-6H,12H2/b9-6-. The molecular formula is C10H8N2O. The van der Waals surface area contributed by atoms with E-state index in [4.69, 9.17) is 11.0 Å². The Balaban J connectivity index is 2.95. The molecule has 0 aromatic heterocycles. The van der Waals surface area contributed by atoms with Gasteiger partial charge in [-0.3, -0.25) is 4.79 Å². The molecule has 0 unspecified atom stereocenters. The summed E-state index contributed by atoms with van der Waals surface area (Å²) in [5, 5.41) is 8.27. The van der Waals surface area contributed by atoms with Crippen LogP contribution in [0, 0.1) is 11.3 Å². The van der Waals surface area contributed by atoms with Crippen molar-refractivity contribution in [3.63, 3.8) is 0 Å². The highest BCUT2D eigenvalue weighted by molar-refractivity contribution is 6.08. The molecule has 64 valence electrons. The fourth-order valence-corrected chi connectivity index (χ4v) is 0.891. The van der Waals surface area contributed by atoms with Gasteiger partial charge in [0.25, 0.3) is 0 Å². The molecule has 0 aliphatic carbocycles. The Kier molecular flexibility index (Phi) is 2.82. The van der Waals surface area contributed by atoms with E-state index in [9.17, 15) is 4.79 Å². The molecule has 0 amide bonds. The lowest BCUT2D eigenvalue weighted by molar-refractivity contribution is 0.103. The number of nitrogens with zero attached hydrogens (tertiary/aromatic N) is 1. The molecule has 0 spiro atoms. The van der Waals surface area contributed by atoms with Gasteiger partial charge in [-0.1, -0.05) is 30.3 Å². The first-order chi connectivity index (χ1) is 6.25. The molecule has 0 radical (unpaired) electrons. The summed E-state index contributed by atoms with van der Waals surface area (Å²) >= 11 is 0. The maximum atomic E-state index is 11.4. The highest BCUT2D eigenvalue weighted by atomic mass is 16.1. The lowest BCUT2D eigenvalue weighted by Crippen LogP contribution is -2.10. The highest BCUT2D eigenvalue weighted by Gasteiger charge is 2.06. The molecule has 1 rings (SSSR count). The van der Waals surface area contributed by atoms with Crippen LogP contribution in [0.2, 0.25) is 0 Å². The fourth-order valence-electron chi connectivity index (χ4n) is 0.891. The van der Waals surface area contributed by atoms with Gasteiger partial charge in [0.1, 0.15) is 0 Å². The van der Waals surface area contributed by atoms with Crippen LogP contribution in [0.1, 0.15) is 10.4 Å². The summed E-state index contributed by atoms with van der Waals surface area (Å²) in [5.74, 6) is -0.317. The van der Waals surface area contributed by atoms with Crippen molar-refractivity contribution in [3.05, 3.63) is 47.7 Å². The summed E-state index contributed by atoms with van der Waals surface area (Å²) in [5.41, 5.74) is 5.81. The second-order valence-electron chi connectivity index (χ2n) is 2.42. The van der Waals surface area contributed by atoms with Crippen LogP contribution in [0.4, 0.5) is 0 Å². The number of Topliss-reactive ketones (excluding diaryl/α,β-unsaturated/α-hetero) is 1. The third-order valence-corrected chi connectivity index (χ3v) is 1.52. The molecule has 1 aromatic rings. The van der Waals surface area contributed by atoms with Gasteiger partial charge >= 0.3 is 0 Å². The van der Waals surface area contributed by atoms with E-state index in [1.54, 1.807) is 36.4 Å². The van der Waals surface area contributed by atoms with Crippen molar-refractivity contribution in [1.82, 2.24) is 0 Å². The predicted octanol–water partition coefficient (Wildman–Crippen LogP) is 1.24. The zero-order valence-electron chi connectivity index (χ0n) is 6.90. The molecule has 0 bridgehead atoms. The van der Waals surface area contributed by atoms with Crippen LogP contribution in [-0.2, 0) is 0 Å². The number of benzene rings is 1. The molecule has 1 aromatic carbocycles. The van der Waals surface area contributed by atoms with E-state index in [1.807, 2.05) is 0 Å². The Morgan fingerprint density at radius 3 is 2.54 bits per heavy atom. The smallest absolute Gasteiger partial charge is 0.209 e. The molecule has 0 aliphatic heterocycles. The number of allylic oxidation sites excluding steroid dienone is 2. The summed E-state index contributed by atoms with van der Waals surface area (Å²) in [4.78, 5) is 11.4. The third-order valence-electron chi connectivity index (χ3n) is 1.52. The van der Waals surface area contributed by atoms with Gasteiger partial charge in [-0.05, 0) is 0 Å². The van der Waals surface area contributed by atoms with Crippen molar-refractivity contribution >= 4 is 5.78 Å². The highest BCUT2D eigenvalue weighted by Crippen LogP contribution is 2.03. The molecule has 13 heavy (non-hydrogen) atoms. The fraction of sp³-hybridized carbons (Fsp3) is 0. The van der Waals surface area contributed by atoms with E-state index in [0.717, 1.165) is 6.08 Å². The number of nitriles is 1. The molecule has 0 saturated carbocycles. The van der Waals surface area contributed by atoms with Gasteiger partial charge in [-0.25, -0.2) is 0 Å². The van der Waals surface area contributed by atoms with Gasteiger partial charge in [-0.15, -0.1) is 0 Å². The summed E-state index contributed by atoms with van der Waals surface area (Å²) in [6.45, 7) is 0. The monoisotopic (exact) mass is 172 g/mol. The van der Waals surface area contributed by atoms with Crippen LogP contribution in [0.25, 0.3) is 0 Å². The largest absolute Gasteiger partial charge is 0.395 e. The zero-order valence-corrected chi connectivity index (χ0v) is 6.90. The lowest BCUT2D eigenvalue weighted by atomic mass is 10.1. The first-order valence-corrected chi connectivity index (χ1v) is 3.70. The lowest BCUT2D eigenvalue weighted by Gasteiger charge is -1.97. The first-order valence-electron chi connectivity index (χ1n) is 3.70. The van der Waals surface area contributed by atoms with Gasteiger partial charge < -0.3 is 5.73 Å². The average Bonchev–Trinajstić information content (AvgIpc) is 2.18. The number of carbonyl (C=O) groups excluding carboxylic acids is 1. The van der Waals surface area contributed by atoms with Crippen molar-refractivity contribution in [2.75, 3.05) is 0 Å². The van der Waals surface area contributed by atoms with Gasteiger partial charge in [0, 0.05) is 11.6 Å². The van der Waals surface area contributed by atoms with Gasteiger partial charge in [0.2, 0.25) is 5.78 Å². The van der Waals surface area contributed by atoms with Crippen LogP contribution < -0.4 is 5.73 Å². The average molecular weight is 172 g/mol. The van der Waals surface area contributed by atoms with Crippen molar-refractivity contribution in [3.8, 4) is 6.07 Å². The van der Waals surface area contributed by atoms with Gasteiger partial charge in [0.15, 0.2) is 0 Å². The van der Waals surface area contributed by atoms with Crippen LogP contribution in [0.15, 0.2) is 42.1 Å². The second kappa shape index (κ2) is 4.07. The van der Waals surface area contributed by atoms with Crippen molar-refractivity contribution < 1.29 is 4.79 Å². The number of hydrogen-bond donors (Lipinski definition) is 1. The van der Waals surface area contributed by atoms with Crippen LogP contribution >= 0.6 is 0 Å². The van der Waals surface area contributed by atoms with E-state index in [2.05, 4.69) is 0 Å². The quantitative estimate of drug-likeness (QED) is 0.414. The zero-order chi connectivity index (χ0) is 9.68. The molecular weight excluding hydrogens is 164 g/mol. The molecule has 0 fully saturated rings. The van der Waals surface area contributed by atoms with Crippen LogP contribution in [0.3, 0.4) is 0 Å². The number of hydrogen-bond acceptors (Lipinski definition) is 3. The summed E-state index contributed by atoms with van der Waals surface area (Å²) in [6.07, 6.45) is 1.04. The second-order valence-corrected chi connectivity index (χ2v) is 2.42. The van der Waals surface area contributed by atoms with Crippen molar-refractivity contribution in [2.45, 2.75) is 0 Å². The SMILES string of the molecule is N#C/C=C(\N)C(=O)c1ccccc1.